The predicted molar refractivity (Wildman–Crippen MR) is 106 cm³/mol. The molecule has 1 saturated heterocycles. The van der Waals surface area contributed by atoms with Crippen molar-refractivity contribution in [3.05, 3.63) is 33.8 Å². The van der Waals surface area contributed by atoms with Gasteiger partial charge in [0.05, 0.1) is 22.9 Å². The number of likely N-dealkylation sites (tertiary alicyclic amines) is 1. The van der Waals surface area contributed by atoms with Gasteiger partial charge in [-0.05, 0) is 51.3 Å². The highest BCUT2D eigenvalue weighted by atomic mass is 35.5. The number of carbonyl (C=O) groups is 1. The Hall–Kier alpha value is -1.02. The topological polar surface area (TPSA) is 72.9 Å². The van der Waals surface area contributed by atoms with Crippen LogP contribution in [0.4, 0.5) is 4.79 Å². The Morgan fingerprint density at radius 2 is 1.93 bits per heavy atom. The third-order valence-electron chi connectivity index (χ3n) is 4.31. The summed E-state index contributed by atoms with van der Waals surface area (Å²) < 4.78 is 33.8. The van der Waals surface area contributed by atoms with Crippen LogP contribution in [0.2, 0.25) is 10.0 Å². The Morgan fingerprint density at radius 3 is 2.48 bits per heavy atom. The fraction of sp³-hybridized carbons (Fsp3) is 0.611. The Balaban J connectivity index is 2.36. The van der Waals surface area contributed by atoms with Crippen molar-refractivity contribution in [1.29, 1.82) is 0 Å². The highest BCUT2D eigenvalue weighted by molar-refractivity contribution is 7.85. The van der Waals surface area contributed by atoms with E-state index in [-0.39, 0.29) is 13.2 Å². The molecule has 27 heavy (non-hydrogen) atoms. The van der Waals surface area contributed by atoms with Gasteiger partial charge in [-0.3, -0.25) is 4.18 Å². The summed E-state index contributed by atoms with van der Waals surface area (Å²) in [6, 6.07) is 5.15. The van der Waals surface area contributed by atoms with Gasteiger partial charge >= 0.3 is 6.09 Å². The van der Waals surface area contributed by atoms with Crippen LogP contribution in [0.15, 0.2) is 18.2 Å². The summed E-state index contributed by atoms with van der Waals surface area (Å²) in [4.78, 5) is 14.1. The monoisotopic (exact) mass is 437 g/mol. The summed E-state index contributed by atoms with van der Waals surface area (Å²) in [7, 11) is -3.65. The van der Waals surface area contributed by atoms with Crippen molar-refractivity contribution in [2.45, 2.75) is 44.6 Å². The van der Waals surface area contributed by atoms with E-state index in [9.17, 15) is 13.2 Å². The second kappa shape index (κ2) is 8.15. The Labute approximate surface area is 170 Å². The van der Waals surface area contributed by atoms with E-state index in [2.05, 4.69) is 0 Å². The first-order chi connectivity index (χ1) is 12.3. The summed E-state index contributed by atoms with van der Waals surface area (Å²) in [5.41, 5.74) is -0.579. The van der Waals surface area contributed by atoms with E-state index in [0.29, 0.717) is 29.4 Å². The van der Waals surface area contributed by atoms with E-state index >= 15 is 0 Å². The lowest BCUT2D eigenvalue weighted by Crippen LogP contribution is -2.52. The number of nitrogens with zero attached hydrogens (tertiary/aromatic N) is 1. The van der Waals surface area contributed by atoms with Crippen LogP contribution in [-0.4, -0.2) is 51.0 Å². The minimum Gasteiger partial charge on any atom is -0.444 e. The van der Waals surface area contributed by atoms with Crippen molar-refractivity contribution in [3.63, 3.8) is 0 Å². The van der Waals surface area contributed by atoms with Crippen LogP contribution < -0.4 is 0 Å². The number of amides is 1. The van der Waals surface area contributed by atoms with E-state index in [1.54, 1.807) is 43.9 Å². The molecule has 1 unspecified atom stereocenters. The van der Waals surface area contributed by atoms with Gasteiger partial charge in [0.25, 0.3) is 10.1 Å². The third kappa shape index (κ3) is 6.24. The number of ether oxygens (including phenoxy) is 1. The molecule has 1 aliphatic rings. The molecule has 0 radical (unpaired) electrons. The number of benzene rings is 1. The Bertz CT molecular complexity index is 806. The molecule has 1 fully saturated rings. The second-order valence-electron chi connectivity index (χ2n) is 7.88. The van der Waals surface area contributed by atoms with E-state index in [1.807, 2.05) is 0 Å². The number of carbonyl (C=O) groups excluding carboxylic acids is 1. The highest BCUT2D eigenvalue weighted by Gasteiger charge is 2.41. The lowest BCUT2D eigenvalue weighted by atomic mass is 9.75. The minimum atomic E-state index is -3.65. The fourth-order valence-corrected chi connectivity index (χ4v) is 3.83. The van der Waals surface area contributed by atoms with E-state index in [0.717, 1.165) is 11.8 Å². The smallest absolute Gasteiger partial charge is 0.410 e. The molecule has 0 saturated carbocycles. The molecule has 1 heterocycles. The first-order valence-electron chi connectivity index (χ1n) is 8.59. The molecule has 1 aromatic rings. The van der Waals surface area contributed by atoms with Gasteiger partial charge in [0, 0.05) is 18.5 Å². The Kier molecular flexibility index (Phi) is 6.72. The average molecular weight is 438 g/mol. The van der Waals surface area contributed by atoms with Crippen LogP contribution in [0.5, 0.6) is 0 Å². The first kappa shape index (κ1) is 22.3. The molecule has 1 aliphatic heterocycles. The number of rotatable bonds is 4. The maximum atomic E-state index is 12.6. The molecule has 9 heteroatoms. The minimum absolute atomic E-state index is 0.0942. The number of piperidine rings is 1. The van der Waals surface area contributed by atoms with Crippen molar-refractivity contribution in [3.8, 4) is 0 Å². The first-order valence-corrected chi connectivity index (χ1v) is 11.2. The molecule has 0 aliphatic carbocycles. The van der Waals surface area contributed by atoms with Gasteiger partial charge < -0.3 is 9.64 Å². The van der Waals surface area contributed by atoms with E-state index < -0.39 is 27.2 Å². The van der Waals surface area contributed by atoms with E-state index in [4.69, 9.17) is 32.1 Å². The SMILES string of the molecule is CC(C)(C)OC(=O)N1CCCC(COS(C)(=O)=O)(c2ccc(Cl)c(Cl)c2)C1. The zero-order chi connectivity index (χ0) is 20.5. The van der Waals surface area contributed by atoms with Crippen LogP contribution in [0.3, 0.4) is 0 Å². The molecular formula is C18H25Cl2NO5S. The fourth-order valence-electron chi connectivity index (χ4n) is 3.10. The largest absolute Gasteiger partial charge is 0.444 e. The third-order valence-corrected chi connectivity index (χ3v) is 5.59. The summed E-state index contributed by atoms with van der Waals surface area (Å²) >= 11 is 12.2. The quantitative estimate of drug-likeness (QED) is 0.658. The normalized spacial score (nSPS) is 21.2. The number of halogens is 2. The zero-order valence-corrected chi connectivity index (χ0v) is 18.2. The van der Waals surface area contributed by atoms with Crippen LogP contribution in [0, 0.1) is 0 Å². The summed E-state index contributed by atoms with van der Waals surface area (Å²) in [6.45, 7) is 6.09. The molecule has 152 valence electrons. The maximum absolute atomic E-state index is 12.6. The zero-order valence-electron chi connectivity index (χ0n) is 15.9. The maximum Gasteiger partial charge on any atom is 0.410 e. The summed E-state index contributed by atoms with van der Waals surface area (Å²) in [6.07, 6.45) is 1.88. The van der Waals surface area contributed by atoms with Gasteiger partial charge in [-0.15, -0.1) is 0 Å². The molecule has 0 aromatic heterocycles. The molecule has 0 bridgehead atoms. The Morgan fingerprint density at radius 1 is 1.26 bits per heavy atom. The van der Waals surface area contributed by atoms with Crippen molar-refractivity contribution in [2.75, 3.05) is 26.0 Å². The molecule has 0 spiro atoms. The van der Waals surface area contributed by atoms with Gasteiger partial charge in [0.2, 0.25) is 0 Å². The average Bonchev–Trinajstić information content (AvgIpc) is 2.53. The van der Waals surface area contributed by atoms with Gasteiger partial charge in [0.1, 0.15) is 5.60 Å². The lowest BCUT2D eigenvalue weighted by molar-refractivity contribution is 0.00954. The van der Waals surface area contributed by atoms with E-state index in [1.165, 1.54) is 0 Å². The van der Waals surface area contributed by atoms with Crippen molar-refractivity contribution in [2.24, 2.45) is 0 Å². The molecule has 6 nitrogen and oxygen atoms in total. The van der Waals surface area contributed by atoms with Crippen LogP contribution >= 0.6 is 23.2 Å². The second-order valence-corrected chi connectivity index (χ2v) is 10.3. The highest BCUT2D eigenvalue weighted by Crippen LogP contribution is 2.38. The van der Waals surface area contributed by atoms with Gasteiger partial charge in [-0.25, -0.2) is 4.79 Å². The predicted octanol–water partition coefficient (Wildman–Crippen LogP) is 4.24. The summed E-state index contributed by atoms with van der Waals surface area (Å²) in [5, 5.41) is 0.765. The molecule has 1 aromatic carbocycles. The van der Waals surface area contributed by atoms with Gasteiger partial charge in [0.15, 0.2) is 0 Å². The standard InChI is InChI=1S/C18H25Cl2NO5S/c1-17(2,3)26-16(22)21-9-5-8-18(11-21,12-25-27(4,23)24)13-6-7-14(19)15(20)10-13/h6-7,10H,5,8-9,11-12H2,1-4H3. The summed E-state index contributed by atoms with van der Waals surface area (Å²) in [5.74, 6) is 0. The molecule has 0 N–H and O–H groups in total. The van der Waals surface area contributed by atoms with Crippen LogP contribution in [0.1, 0.15) is 39.2 Å². The molecule has 1 amide bonds. The van der Waals surface area contributed by atoms with Gasteiger partial charge in [-0.2, -0.15) is 8.42 Å². The van der Waals surface area contributed by atoms with Crippen LogP contribution in [0.25, 0.3) is 0 Å². The number of hydrogen-bond donors (Lipinski definition) is 0. The van der Waals surface area contributed by atoms with Crippen molar-refractivity contribution >= 4 is 39.4 Å². The van der Waals surface area contributed by atoms with Gasteiger partial charge in [-0.1, -0.05) is 29.3 Å². The molecule has 1 atom stereocenters. The number of hydrogen-bond acceptors (Lipinski definition) is 5. The molecule has 2 rings (SSSR count). The van der Waals surface area contributed by atoms with Crippen molar-refractivity contribution in [1.82, 2.24) is 4.90 Å². The van der Waals surface area contributed by atoms with Crippen molar-refractivity contribution < 1.29 is 22.1 Å². The molecular weight excluding hydrogens is 413 g/mol. The van der Waals surface area contributed by atoms with Crippen LogP contribution in [-0.2, 0) is 24.5 Å². The lowest BCUT2D eigenvalue weighted by Gasteiger charge is -2.43.